The summed E-state index contributed by atoms with van der Waals surface area (Å²) in [6.45, 7) is 16.4. The standard InChI is InChI=1S/C19H29N4.ClH/c1-6-21(7-2)12-13-22-15-10-8-9-11-16(15)23-14-17(19(3,4)5)20-18(22)23;/h8-11H,6-7,12-14H2,1-5H3;1H/q+1;/p-1. The van der Waals surface area contributed by atoms with Crippen LogP contribution in [0.4, 0.5) is 5.95 Å². The number of aliphatic imine (C=N–C) groups is 1. The van der Waals surface area contributed by atoms with Crippen LogP contribution in [0.25, 0.3) is 11.0 Å². The van der Waals surface area contributed by atoms with Crippen molar-refractivity contribution in [1.82, 2.24) is 9.47 Å². The molecule has 0 amide bonds. The molecule has 0 saturated carbocycles. The van der Waals surface area contributed by atoms with Gasteiger partial charge in [0.25, 0.3) is 0 Å². The van der Waals surface area contributed by atoms with E-state index < -0.39 is 0 Å². The van der Waals surface area contributed by atoms with Crippen LogP contribution < -0.4 is 17.0 Å². The summed E-state index contributed by atoms with van der Waals surface area (Å²) in [7, 11) is 0. The number of rotatable bonds is 5. The first-order chi connectivity index (χ1) is 11.0. The van der Waals surface area contributed by atoms with Crippen molar-refractivity contribution in [2.45, 2.75) is 47.7 Å². The number of halogens is 1. The van der Waals surface area contributed by atoms with Crippen molar-refractivity contribution in [3.05, 3.63) is 24.3 Å². The fourth-order valence-corrected chi connectivity index (χ4v) is 3.27. The van der Waals surface area contributed by atoms with Crippen molar-refractivity contribution in [3.8, 4) is 0 Å². The van der Waals surface area contributed by atoms with Crippen molar-refractivity contribution >= 4 is 22.7 Å². The minimum Gasteiger partial charge on any atom is -1.00 e. The zero-order chi connectivity index (χ0) is 16.6. The summed E-state index contributed by atoms with van der Waals surface area (Å²) in [4.78, 5) is 7.48. The molecule has 0 fully saturated rings. The molecule has 0 radical (unpaired) electrons. The molecule has 2 aromatic rings. The van der Waals surface area contributed by atoms with Crippen LogP contribution in [0, 0.1) is 5.41 Å². The van der Waals surface area contributed by atoms with Gasteiger partial charge in [-0.15, -0.1) is 0 Å². The number of hydrogen-bond acceptors (Lipinski definition) is 2. The largest absolute Gasteiger partial charge is 1.00 e. The monoisotopic (exact) mass is 348 g/mol. The van der Waals surface area contributed by atoms with E-state index in [2.05, 4.69) is 72.9 Å². The third-order valence-electron chi connectivity index (χ3n) is 4.89. The number of aromatic nitrogens is 2. The van der Waals surface area contributed by atoms with E-state index >= 15 is 0 Å². The maximum Gasteiger partial charge on any atom is 0.400 e. The van der Waals surface area contributed by atoms with Gasteiger partial charge >= 0.3 is 5.95 Å². The topological polar surface area (TPSA) is 24.4 Å². The van der Waals surface area contributed by atoms with Gasteiger partial charge in [0.2, 0.25) is 0 Å². The normalized spacial score (nSPS) is 14.0. The zero-order valence-electron chi connectivity index (χ0n) is 15.5. The van der Waals surface area contributed by atoms with Crippen LogP contribution in [0.1, 0.15) is 34.6 Å². The smallest absolute Gasteiger partial charge is 0.400 e. The summed E-state index contributed by atoms with van der Waals surface area (Å²) in [5, 5.41) is 0. The first-order valence-electron chi connectivity index (χ1n) is 8.77. The molecule has 1 aromatic heterocycles. The van der Waals surface area contributed by atoms with E-state index in [4.69, 9.17) is 4.99 Å². The van der Waals surface area contributed by atoms with Crippen LogP contribution in [0.2, 0.25) is 0 Å². The molecule has 24 heavy (non-hydrogen) atoms. The van der Waals surface area contributed by atoms with Gasteiger partial charge in [0.15, 0.2) is 0 Å². The summed E-state index contributed by atoms with van der Waals surface area (Å²) in [5.74, 6) is 1.11. The molecule has 1 aliphatic heterocycles. The molecule has 2 heterocycles. The van der Waals surface area contributed by atoms with E-state index in [-0.39, 0.29) is 17.8 Å². The number of nitrogens with zero attached hydrogens (tertiary/aromatic N) is 4. The average Bonchev–Trinajstić information content (AvgIpc) is 3.07. The van der Waals surface area contributed by atoms with E-state index in [1.807, 2.05) is 0 Å². The van der Waals surface area contributed by atoms with Gasteiger partial charge in [0.1, 0.15) is 23.3 Å². The Kier molecular flexibility index (Phi) is 5.71. The lowest BCUT2D eigenvalue weighted by Crippen LogP contribution is -3.00. The molecule has 132 valence electrons. The van der Waals surface area contributed by atoms with Crippen molar-refractivity contribution in [3.63, 3.8) is 0 Å². The quantitative estimate of drug-likeness (QED) is 0.718. The number of hydrogen-bond donors (Lipinski definition) is 0. The first-order valence-corrected chi connectivity index (χ1v) is 8.77. The van der Waals surface area contributed by atoms with Gasteiger partial charge < -0.3 is 17.3 Å². The lowest BCUT2D eigenvalue weighted by Gasteiger charge is -2.17. The fraction of sp³-hybridized carbons (Fsp3) is 0.579. The molecule has 3 rings (SSSR count). The molecule has 5 heteroatoms. The molecule has 1 aliphatic rings. The van der Waals surface area contributed by atoms with Crippen LogP contribution in [0.5, 0.6) is 0 Å². The Morgan fingerprint density at radius 3 is 2.46 bits per heavy atom. The molecule has 0 spiro atoms. The van der Waals surface area contributed by atoms with E-state index in [0.717, 1.165) is 38.7 Å². The van der Waals surface area contributed by atoms with E-state index in [1.54, 1.807) is 0 Å². The summed E-state index contributed by atoms with van der Waals surface area (Å²) >= 11 is 0. The van der Waals surface area contributed by atoms with Gasteiger partial charge in [0, 0.05) is 12.0 Å². The lowest BCUT2D eigenvalue weighted by atomic mass is 9.90. The number of imidazole rings is 1. The maximum atomic E-state index is 5.01. The second-order valence-corrected chi connectivity index (χ2v) is 7.36. The number of likely N-dealkylation sites (N-methyl/N-ethyl adjacent to an activating group) is 1. The van der Waals surface area contributed by atoms with Gasteiger partial charge in [0.05, 0.1) is 6.54 Å². The maximum absolute atomic E-state index is 5.01. The predicted octanol–water partition coefficient (Wildman–Crippen LogP) is 0.407. The Morgan fingerprint density at radius 2 is 1.83 bits per heavy atom. The number of benzene rings is 1. The number of para-hydroxylation sites is 2. The molecule has 0 bridgehead atoms. The summed E-state index contributed by atoms with van der Waals surface area (Å²) < 4.78 is 4.77. The molecule has 0 atom stereocenters. The van der Waals surface area contributed by atoms with Crippen molar-refractivity contribution in [1.29, 1.82) is 0 Å². The van der Waals surface area contributed by atoms with Crippen LogP contribution in [-0.2, 0) is 13.1 Å². The Labute approximate surface area is 151 Å². The van der Waals surface area contributed by atoms with Crippen molar-refractivity contribution < 1.29 is 17.0 Å². The number of fused-ring (bicyclic) bond motifs is 3. The Morgan fingerprint density at radius 1 is 1.17 bits per heavy atom. The molecular formula is C19H29ClN4. The predicted molar refractivity (Wildman–Crippen MR) is 96.5 cm³/mol. The van der Waals surface area contributed by atoms with Gasteiger partial charge in [-0.05, 0) is 25.2 Å². The molecule has 0 aliphatic carbocycles. The minimum atomic E-state index is 0. The highest BCUT2D eigenvalue weighted by atomic mass is 35.5. The highest BCUT2D eigenvalue weighted by Crippen LogP contribution is 2.28. The highest BCUT2D eigenvalue weighted by Gasteiger charge is 2.36. The van der Waals surface area contributed by atoms with Crippen LogP contribution in [-0.4, -0.2) is 34.8 Å². The molecular weight excluding hydrogens is 320 g/mol. The van der Waals surface area contributed by atoms with Gasteiger partial charge in [-0.25, -0.2) is 9.13 Å². The second-order valence-electron chi connectivity index (χ2n) is 7.36. The highest BCUT2D eigenvalue weighted by molar-refractivity contribution is 5.92. The van der Waals surface area contributed by atoms with Crippen LogP contribution >= 0.6 is 0 Å². The fourth-order valence-electron chi connectivity index (χ4n) is 3.27. The summed E-state index contributed by atoms with van der Waals surface area (Å²) in [5.41, 5.74) is 3.99. The SMILES string of the molecule is CCN(CC)CCn1c2[n+](c3ccccc31)CC(C(C)(C)C)=N2.[Cl-]. The van der Waals surface area contributed by atoms with Crippen molar-refractivity contribution in [2.75, 3.05) is 19.6 Å². The van der Waals surface area contributed by atoms with Crippen molar-refractivity contribution in [2.24, 2.45) is 10.4 Å². The minimum absolute atomic E-state index is 0. The van der Waals surface area contributed by atoms with E-state index in [9.17, 15) is 0 Å². The zero-order valence-corrected chi connectivity index (χ0v) is 16.3. The Balaban J connectivity index is 0.00000208. The Bertz CT molecular complexity index is 736. The van der Waals surface area contributed by atoms with Gasteiger partial charge in [-0.1, -0.05) is 51.7 Å². The second kappa shape index (κ2) is 7.24. The van der Waals surface area contributed by atoms with Crippen LogP contribution in [0.15, 0.2) is 29.3 Å². The van der Waals surface area contributed by atoms with E-state index in [0.29, 0.717) is 0 Å². The molecule has 0 unspecified atom stereocenters. The molecule has 0 N–H and O–H groups in total. The summed E-state index contributed by atoms with van der Waals surface area (Å²) in [6, 6.07) is 8.68. The van der Waals surface area contributed by atoms with Gasteiger partial charge in [-0.2, -0.15) is 0 Å². The van der Waals surface area contributed by atoms with E-state index in [1.165, 1.54) is 16.7 Å². The molecule has 1 aromatic carbocycles. The summed E-state index contributed by atoms with van der Waals surface area (Å²) in [6.07, 6.45) is 0. The third-order valence-corrected chi connectivity index (χ3v) is 4.89. The van der Waals surface area contributed by atoms with Gasteiger partial charge in [-0.3, -0.25) is 0 Å². The average molecular weight is 349 g/mol. The lowest BCUT2D eigenvalue weighted by molar-refractivity contribution is -0.638. The molecule has 0 saturated heterocycles. The van der Waals surface area contributed by atoms with Crippen LogP contribution in [0.3, 0.4) is 0 Å². The Hall–Kier alpha value is -1.39. The molecule has 4 nitrogen and oxygen atoms in total. The first kappa shape index (κ1) is 18.9. The third kappa shape index (κ3) is 3.35.